The lowest BCUT2D eigenvalue weighted by molar-refractivity contribution is -0.124. The summed E-state index contributed by atoms with van der Waals surface area (Å²) in [5.41, 5.74) is 0. The number of carbonyl (C=O) groups is 1. The van der Waals surface area contributed by atoms with Crippen LogP contribution >= 0.6 is 0 Å². The van der Waals surface area contributed by atoms with Crippen molar-refractivity contribution < 1.29 is 20.1 Å². The average Bonchev–Trinajstić information content (AvgIpc) is 2.90. The first-order chi connectivity index (χ1) is 18.5. The number of nitrogens with one attached hydrogen (secondary N) is 1. The summed E-state index contributed by atoms with van der Waals surface area (Å²) in [5.74, 6) is -0.334. The largest absolute Gasteiger partial charge is 0.394 e. The van der Waals surface area contributed by atoms with Crippen molar-refractivity contribution in [2.45, 2.75) is 161 Å². The molecule has 0 saturated heterocycles. The van der Waals surface area contributed by atoms with Crippen LogP contribution in [0.4, 0.5) is 0 Å². The van der Waals surface area contributed by atoms with Crippen molar-refractivity contribution in [3.05, 3.63) is 36.5 Å². The Kier molecular flexibility index (Phi) is 27.5. The number of hydrogen-bond acceptors (Lipinski definition) is 4. The molecule has 0 fully saturated rings. The van der Waals surface area contributed by atoms with Crippen molar-refractivity contribution in [3.8, 4) is 0 Å². The molecular weight excluding hydrogens is 474 g/mol. The molecule has 3 unspecified atom stereocenters. The molecule has 0 spiro atoms. The molecule has 0 radical (unpaired) electrons. The molecule has 0 aromatic rings. The average molecular weight is 536 g/mol. The Morgan fingerprint density at radius 2 is 1.13 bits per heavy atom. The molecule has 0 heterocycles. The number of amides is 1. The van der Waals surface area contributed by atoms with Gasteiger partial charge in [-0.25, -0.2) is 0 Å². The summed E-state index contributed by atoms with van der Waals surface area (Å²) in [5, 5.41) is 32.8. The highest BCUT2D eigenvalue weighted by atomic mass is 16.3. The standard InChI is InChI=1S/C33H61NO4/c1-3-5-7-9-11-13-15-17-18-20-22-24-26-30(36)28-33(38)34-31(29-35)32(37)27-25-23-21-19-16-14-12-10-8-6-4-2/h8,10,16,19,25,27,30-32,35-37H,3-7,9,11-15,17-18,20-24,26,28-29H2,1-2H3,(H,34,38)/b10-8+,19-16+,27-25+. The van der Waals surface area contributed by atoms with E-state index in [1.807, 2.05) is 6.08 Å². The van der Waals surface area contributed by atoms with E-state index >= 15 is 0 Å². The van der Waals surface area contributed by atoms with Gasteiger partial charge in [-0.1, -0.05) is 134 Å². The molecule has 1 amide bonds. The number of rotatable bonds is 27. The fourth-order valence-corrected chi connectivity index (χ4v) is 4.43. The minimum Gasteiger partial charge on any atom is -0.394 e. The number of unbranched alkanes of at least 4 members (excludes halogenated alkanes) is 14. The number of hydrogen-bond donors (Lipinski definition) is 4. The van der Waals surface area contributed by atoms with E-state index in [4.69, 9.17) is 0 Å². The molecule has 0 rings (SSSR count). The lowest BCUT2D eigenvalue weighted by Crippen LogP contribution is -2.45. The van der Waals surface area contributed by atoms with E-state index in [2.05, 4.69) is 43.5 Å². The molecule has 0 aliphatic heterocycles. The molecule has 4 N–H and O–H groups in total. The van der Waals surface area contributed by atoms with Crippen molar-refractivity contribution in [1.82, 2.24) is 5.32 Å². The summed E-state index contributed by atoms with van der Waals surface area (Å²) in [6.07, 6.45) is 32.6. The van der Waals surface area contributed by atoms with E-state index in [9.17, 15) is 20.1 Å². The number of allylic oxidation sites excluding steroid dienone is 5. The predicted octanol–water partition coefficient (Wildman–Crippen LogP) is 7.70. The van der Waals surface area contributed by atoms with Crippen LogP contribution in [0.5, 0.6) is 0 Å². The molecular formula is C33H61NO4. The van der Waals surface area contributed by atoms with Crippen molar-refractivity contribution in [2.75, 3.05) is 6.61 Å². The van der Waals surface area contributed by atoms with E-state index in [-0.39, 0.29) is 18.9 Å². The van der Waals surface area contributed by atoms with Crippen LogP contribution < -0.4 is 5.32 Å². The van der Waals surface area contributed by atoms with E-state index in [0.717, 1.165) is 44.9 Å². The molecule has 38 heavy (non-hydrogen) atoms. The van der Waals surface area contributed by atoms with Gasteiger partial charge in [-0.3, -0.25) is 4.79 Å². The van der Waals surface area contributed by atoms with Gasteiger partial charge in [0.05, 0.1) is 31.3 Å². The van der Waals surface area contributed by atoms with Crippen LogP contribution in [-0.2, 0) is 4.79 Å². The van der Waals surface area contributed by atoms with Crippen LogP contribution in [-0.4, -0.2) is 46.1 Å². The molecule has 0 aliphatic rings. The summed E-state index contributed by atoms with van der Waals surface area (Å²) in [6.45, 7) is 4.08. The first-order valence-electron chi connectivity index (χ1n) is 15.8. The van der Waals surface area contributed by atoms with Gasteiger partial charge in [-0.15, -0.1) is 0 Å². The lowest BCUT2D eigenvalue weighted by Gasteiger charge is -2.21. The molecule has 5 nitrogen and oxygen atoms in total. The van der Waals surface area contributed by atoms with Crippen LogP contribution in [0.3, 0.4) is 0 Å². The molecule has 222 valence electrons. The lowest BCUT2D eigenvalue weighted by atomic mass is 10.0. The maximum Gasteiger partial charge on any atom is 0.222 e. The first kappa shape index (κ1) is 36.6. The third kappa shape index (κ3) is 24.9. The van der Waals surface area contributed by atoms with Crippen molar-refractivity contribution in [3.63, 3.8) is 0 Å². The quantitative estimate of drug-likeness (QED) is 0.0641. The second-order valence-electron chi connectivity index (χ2n) is 10.7. The Morgan fingerprint density at radius 1 is 0.658 bits per heavy atom. The van der Waals surface area contributed by atoms with Gasteiger partial charge >= 0.3 is 0 Å². The Bertz CT molecular complexity index is 602. The zero-order valence-electron chi connectivity index (χ0n) is 24.8. The maximum absolute atomic E-state index is 12.3. The summed E-state index contributed by atoms with van der Waals surface area (Å²) < 4.78 is 0. The fraction of sp³-hybridized carbons (Fsp3) is 0.788. The third-order valence-corrected chi connectivity index (χ3v) is 6.89. The number of carbonyl (C=O) groups excluding carboxylic acids is 1. The van der Waals surface area contributed by atoms with Crippen molar-refractivity contribution in [2.24, 2.45) is 0 Å². The van der Waals surface area contributed by atoms with Crippen LogP contribution in [0.2, 0.25) is 0 Å². The van der Waals surface area contributed by atoms with Crippen molar-refractivity contribution in [1.29, 1.82) is 0 Å². The van der Waals surface area contributed by atoms with E-state index in [1.165, 1.54) is 70.6 Å². The second kappa shape index (κ2) is 28.6. The van der Waals surface area contributed by atoms with E-state index in [0.29, 0.717) is 6.42 Å². The molecule has 5 heteroatoms. The highest BCUT2D eigenvalue weighted by Crippen LogP contribution is 2.14. The highest BCUT2D eigenvalue weighted by Gasteiger charge is 2.20. The van der Waals surface area contributed by atoms with Crippen LogP contribution in [0.1, 0.15) is 142 Å². The normalized spacial score (nSPS) is 14.6. The van der Waals surface area contributed by atoms with Crippen LogP contribution in [0.15, 0.2) is 36.5 Å². The van der Waals surface area contributed by atoms with E-state index in [1.54, 1.807) is 6.08 Å². The summed E-state index contributed by atoms with van der Waals surface area (Å²) in [4.78, 5) is 12.3. The summed E-state index contributed by atoms with van der Waals surface area (Å²) >= 11 is 0. The molecule has 0 bridgehead atoms. The Labute approximate surface area is 234 Å². The molecule has 0 aromatic heterocycles. The van der Waals surface area contributed by atoms with Gasteiger partial charge in [-0.05, 0) is 38.5 Å². The summed E-state index contributed by atoms with van der Waals surface area (Å²) in [6, 6.07) is -0.761. The molecule has 0 saturated carbocycles. The topological polar surface area (TPSA) is 89.8 Å². The maximum atomic E-state index is 12.3. The Morgan fingerprint density at radius 3 is 1.63 bits per heavy atom. The van der Waals surface area contributed by atoms with Crippen LogP contribution in [0, 0.1) is 0 Å². The zero-order valence-corrected chi connectivity index (χ0v) is 24.8. The minimum absolute atomic E-state index is 0.00337. The zero-order chi connectivity index (χ0) is 28.1. The minimum atomic E-state index is -0.954. The monoisotopic (exact) mass is 535 g/mol. The predicted molar refractivity (Wildman–Crippen MR) is 162 cm³/mol. The number of aliphatic hydroxyl groups excluding tert-OH is 3. The molecule has 0 aliphatic carbocycles. The third-order valence-electron chi connectivity index (χ3n) is 6.89. The van der Waals surface area contributed by atoms with Gasteiger partial charge < -0.3 is 20.6 Å². The second-order valence-corrected chi connectivity index (χ2v) is 10.7. The fourth-order valence-electron chi connectivity index (χ4n) is 4.43. The van der Waals surface area contributed by atoms with Gasteiger partial charge in [0.15, 0.2) is 0 Å². The first-order valence-corrected chi connectivity index (χ1v) is 15.8. The van der Waals surface area contributed by atoms with Crippen molar-refractivity contribution >= 4 is 5.91 Å². The van der Waals surface area contributed by atoms with E-state index < -0.39 is 18.2 Å². The van der Waals surface area contributed by atoms with Crippen LogP contribution in [0.25, 0.3) is 0 Å². The Hall–Kier alpha value is -1.43. The van der Waals surface area contributed by atoms with Gasteiger partial charge in [0.1, 0.15) is 0 Å². The van der Waals surface area contributed by atoms with Gasteiger partial charge in [-0.2, -0.15) is 0 Å². The Balaban J connectivity index is 3.86. The SMILES string of the molecule is CCC/C=C/CC/C=C/CC/C=C/C(O)C(CO)NC(=O)CC(O)CCCCCCCCCCCCCC. The highest BCUT2D eigenvalue weighted by molar-refractivity contribution is 5.76. The molecule has 3 atom stereocenters. The number of aliphatic hydroxyl groups is 3. The van der Waals surface area contributed by atoms with Gasteiger partial charge in [0.2, 0.25) is 5.91 Å². The van der Waals surface area contributed by atoms with Gasteiger partial charge in [0.25, 0.3) is 0 Å². The smallest absolute Gasteiger partial charge is 0.222 e. The molecule has 0 aromatic carbocycles. The van der Waals surface area contributed by atoms with Gasteiger partial charge in [0, 0.05) is 0 Å². The summed E-state index contributed by atoms with van der Waals surface area (Å²) in [7, 11) is 0.